The molecule has 0 bridgehead atoms. The average Bonchev–Trinajstić information content (AvgIpc) is 2.83. The molecule has 1 heterocycles. The monoisotopic (exact) mass is 275 g/mol. The highest BCUT2D eigenvalue weighted by molar-refractivity contribution is 6.31. The zero-order valence-corrected chi connectivity index (χ0v) is 11.2. The number of fused-ring (bicyclic) bond motifs is 1. The minimum Gasteiger partial charge on any atom is -0.461 e. The number of hydrogen-bond acceptors (Lipinski definition) is 3. The molecule has 3 nitrogen and oxygen atoms in total. The number of aliphatic imine (C=N–C) groups is 1. The number of rotatable bonds is 2. The van der Waals surface area contributed by atoms with Crippen LogP contribution in [0.25, 0.3) is 11.0 Å². The number of hydrogen-bond donors (Lipinski definition) is 0. The van der Waals surface area contributed by atoms with Gasteiger partial charge in [0.05, 0.1) is 6.04 Å². The first kappa shape index (κ1) is 12.5. The van der Waals surface area contributed by atoms with E-state index < -0.39 is 0 Å². The molecule has 2 aromatic rings. The lowest BCUT2D eigenvalue weighted by Crippen LogP contribution is -2.15. The Bertz CT molecular complexity index is 635. The predicted octanol–water partition coefficient (Wildman–Crippen LogP) is 4.45. The van der Waals surface area contributed by atoms with Crippen LogP contribution in [0.1, 0.15) is 37.4 Å². The molecular weight excluding hydrogens is 262 g/mol. The standard InChI is InChI=1S/C15H14ClNO2/c16-12-3-6-14-11(7-12)8-15(19-14)10-1-4-13(5-2-10)17-9-18/h3,6-8,10,13H,1-2,4-5H2. The van der Waals surface area contributed by atoms with Crippen LogP contribution in [0.3, 0.4) is 0 Å². The highest BCUT2D eigenvalue weighted by atomic mass is 35.5. The fourth-order valence-corrected chi connectivity index (χ4v) is 2.98. The van der Waals surface area contributed by atoms with Crippen molar-refractivity contribution in [1.82, 2.24) is 0 Å². The highest BCUT2D eigenvalue weighted by Crippen LogP contribution is 2.36. The SMILES string of the molecule is O=C=NC1CCC(c2cc3cc(Cl)ccc3o2)CC1. The summed E-state index contributed by atoms with van der Waals surface area (Å²) in [5.41, 5.74) is 0.882. The summed E-state index contributed by atoms with van der Waals surface area (Å²) in [6.07, 6.45) is 5.52. The Balaban J connectivity index is 1.80. The number of furan rings is 1. The molecule has 3 rings (SSSR count). The first-order valence-electron chi connectivity index (χ1n) is 6.52. The number of benzene rings is 1. The zero-order valence-electron chi connectivity index (χ0n) is 10.4. The Morgan fingerprint density at radius 3 is 2.74 bits per heavy atom. The molecule has 0 spiro atoms. The van der Waals surface area contributed by atoms with Gasteiger partial charge in [-0.3, -0.25) is 0 Å². The van der Waals surface area contributed by atoms with Gasteiger partial charge < -0.3 is 4.42 Å². The van der Waals surface area contributed by atoms with Crippen molar-refractivity contribution in [2.75, 3.05) is 0 Å². The Morgan fingerprint density at radius 2 is 2.00 bits per heavy atom. The van der Waals surface area contributed by atoms with Gasteiger partial charge in [0.25, 0.3) is 0 Å². The van der Waals surface area contributed by atoms with Crippen molar-refractivity contribution < 1.29 is 9.21 Å². The van der Waals surface area contributed by atoms with Crippen LogP contribution in [-0.2, 0) is 4.79 Å². The molecule has 1 aromatic heterocycles. The smallest absolute Gasteiger partial charge is 0.235 e. The number of nitrogens with zero attached hydrogens (tertiary/aromatic N) is 1. The first-order valence-corrected chi connectivity index (χ1v) is 6.90. The maximum atomic E-state index is 10.3. The number of halogens is 1. The fraction of sp³-hybridized carbons (Fsp3) is 0.400. The summed E-state index contributed by atoms with van der Waals surface area (Å²) in [4.78, 5) is 14.1. The molecule has 0 saturated heterocycles. The van der Waals surface area contributed by atoms with E-state index in [9.17, 15) is 4.79 Å². The topological polar surface area (TPSA) is 42.6 Å². The van der Waals surface area contributed by atoms with Crippen molar-refractivity contribution in [3.8, 4) is 0 Å². The zero-order chi connectivity index (χ0) is 13.2. The van der Waals surface area contributed by atoms with E-state index in [2.05, 4.69) is 11.1 Å². The molecule has 0 N–H and O–H groups in total. The quantitative estimate of drug-likeness (QED) is 0.600. The lowest BCUT2D eigenvalue weighted by atomic mass is 9.85. The Labute approximate surface area is 116 Å². The van der Waals surface area contributed by atoms with E-state index in [4.69, 9.17) is 16.0 Å². The van der Waals surface area contributed by atoms with Crippen molar-refractivity contribution in [2.24, 2.45) is 4.99 Å². The van der Waals surface area contributed by atoms with E-state index in [1.54, 1.807) is 6.08 Å². The van der Waals surface area contributed by atoms with Gasteiger partial charge in [-0.2, -0.15) is 0 Å². The van der Waals surface area contributed by atoms with Gasteiger partial charge >= 0.3 is 0 Å². The molecule has 0 unspecified atom stereocenters. The van der Waals surface area contributed by atoms with Crippen LogP contribution >= 0.6 is 11.6 Å². The maximum Gasteiger partial charge on any atom is 0.235 e. The van der Waals surface area contributed by atoms with Crippen LogP contribution in [-0.4, -0.2) is 12.1 Å². The third kappa shape index (κ3) is 2.58. The molecule has 1 aliphatic rings. The second kappa shape index (κ2) is 5.20. The fourth-order valence-electron chi connectivity index (χ4n) is 2.80. The number of isocyanates is 1. The van der Waals surface area contributed by atoms with E-state index in [-0.39, 0.29) is 6.04 Å². The Morgan fingerprint density at radius 1 is 1.21 bits per heavy atom. The molecule has 0 radical (unpaired) electrons. The van der Waals surface area contributed by atoms with Crippen molar-refractivity contribution in [3.05, 3.63) is 35.0 Å². The molecule has 0 amide bonds. The minimum absolute atomic E-state index is 0.146. The summed E-state index contributed by atoms with van der Waals surface area (Å²) in [6.45, 7) is 0. The third-order valence-corrected chi connectivity index (χ3v) is 4.07. The summed E-state index contributed by atoms with van der Waals surface area (Å²) >= 11 is 5.98. The van der Waals surface area contributed by atoms with Crippen molar-refractivity contribution in [3.63, 3.8) is 0 Å². The van der Waals surface area contributed by atoms with Gasteiger partial charge in [-0.1, -0.05) is 11.6 Å². The van der Waals surface area contributed by atoms with Gasteiger partial charge in [0.15, 0.2) is 0 Å². The molecule has 1 saturated carbocycles. The second-order valence-corrected chi connectivity index (χ2v) is 5.49. The van der Waals surface area contributed by atoms with Crippen molar-refractivity contribution in [1.29, 1.82) is 0 Å². The summed E-state index contributed by atoms with van der Waals surface area (Å²) in [6, 6.07) is 7.89. The molecule has 1 aromatic carbocycles. The lowest BCUT2D eigenvalue weighted by Gasteiger charge is -2.23. The normalized spacial score (nSPS) is 23.2. The summed E-state index contributed by atoms with van der Waals surface area (Å²) in [7, 11) is 0. The van der Waals surface area contributed by atoms with Gasteiger partial charge in [0.1, 0.15) is 11.3 Å². The van der Waals surface area contributed by atoms with Crippen LogP contribution in [0, 0.1) is 0 Å². The Kier molecular flexibility index (Phi) is 3.41. The molecule has 1 fully saturated rings. The first-order chi connectivity index (χ1) is 9.26. The molecule has 19 heavy (non-hydrogen) atoms. The minimum atomic E-state index is 0.146. The number of carbonyl (C=O) groups excluding carboxylic acids is 1. The third-order valence-electron chi connectivity index (χ3n) is 3.83. The summed E-state index contributed by atoms with van der Waals surface area (Å²) in [5, 5.41) is 1.78. The van der Waals surface area contributed by atoms with Crippen LogP contribution in [0.2, 0.25) is 5.02 Å². The van der Waals surface area contributed by atoms with Crippen LogP contribution in [0.4, 0.5) is 0 Å². The van der Waals surface area contributed by atoms with Crippen LogP contribution in [0.5, 0.6) is 0 Å². The largest absolute Gasteiger partial charge is 0.461 e. The lowest BCUT2D eigenvalue weighted by molar-refractivity contribution is 0.355. The summed E-state index contributed by atoms with van der Waals surface area (Å²) in [5.74, 6) is 1.44. The van der Waals surface area contributed by atoms with Crippen molar-refractivity contribution in [2.45, 2.75) is 37.6 Å². The molecular formula is C15H14ClNO2. The van der Waals surface area contributed by atoms with Gasteiger partial charge in [0, 0.05) is 16.3 Å². The Hall–Kier alpha value is -1.57. The van der Waals surface area contributed by atoms with Gasteiger partial charge in [-0.15, -0.1) is 0 Å². The van der Waals surface area contributed by atoms with Gasteiger partial charge in [-0.25, -0.2) is 9.79 Å². The molecule has 0 atom stereocenters. The van der Waals surface area contributed by atoms with Crippen LogP contribution < -0.4 is 0 Å². The van der Waals surface area contributed by atoms with E-state index in [1.807, 2.05) is 18.2 Å². The molecule has 4 heteroatoms. The van der Waals surface area contributed by atoms with Crippen LogP contribution in [0.15, 0.2) is 33.7 Å². The molecule has 0 aliphatic heterocycles. The second-order valence-electron chi connectivity index (χ2n) is 5.06. The van der Waals surface area contributed by atoms with Gasteiger partial charge in [-0.05, 0) is 49.9 Å². The molecule has 1 aliphatic carbocycles. The average molecular weight is 276 g/mol. The molecule has 98 valence electrons. The van der Waals surface area contributed by atoms with E-state index in [1.165, 1.54) is 0 Å². The summed E-state index contributed by atoms with van der Waals surface area (Å²) < 4.78 is 5.89. The van der Waals surface area contributed by atoms with E-state index >= 15 is 0 Å². The van der Waals surface area contributed by atoms with E-state index in [0.717, 1.165) is 47.4 Å². The predicted molar refractivity (Wildman–Crippen MR) is 74.3 cm³/mol. The van der Waals surface area contributed by atoms with Crippen molar-refractivity contribution >= 4 is 28.7 Å². The van der Waals surface area contributed by atoms with Gasteiger partial charge in [0.2, 0.25) is 6.08 Å². The van der Waals surface area contributed by atoms with E-state index in [0.29, 0.717) is 5.92 Å². The highest BCUT2D eigenvalue weighted by Gasteiger charge is 2.24. The maximum absolute atomic E-state index is 10.3.